The maximum atomic E-state index is 10.6. The number of carboxylic acids is 1. The van der Waals surface area contributed by atoms with Gasteiger partial charge in [-0.05, 0) is 17.0 Å². The van der Waals surface area contributed by atoms with E-state index in [0.717, 1.165) is 5.56 Å². The maximum absolute atomic E-state index is 10.6. The number of aromatic nitrogens is 3. The summed E-state index contributed by atoms with van der Waals surface area (Å²) in [4.78, 5) is 10.6. The Morgan fingerprint density at radius 2 is 2.05 bits per heavy atom. The van der Waals surface area contributed by atoms with E-state index in [1.54, 1.807) is 6.33 Å². The fraction of sp³-hybridized carbons (Fsp3) is 0.357. The van der Waals surface area contributed by atoms with Crippen molar-refractivity contribution in [2.75, 3.05) is 5.75 Å². The fourth-order valence-electron chi connectivity index (χ4n) is 1.80. The van der Waals surface area contributed by atoms with E-state index in [-0.39, 0.29) is 5.75 Å². The van der Waals surface area contributed by atoms with Crippen molar-refractivity contribution in [3.8, 4) is 0 Å². The number of thioether (sulfide) groups is 1. The highest BCUT2D eigenvalue weighted by Gasteiger charge is 2.08. The molecule has 106 valence electrons. The molecule has 0 fully saturated rings. The molecule has 0 spiro atoms. The summed E-state index contributed by atoms with van der Waals surface area (Å²) in [5.74, 6) is -0.350. The van der Waals surface area contributed by atoms with Gasteiger partial charge in [-0.1, -0.05) is 49.9 Å². The molecule has 2 aromatic rings. The number of carboxylic acid groups (broad SMARTS) is 1. The first kappa shape index (κ1) is 14.6. The first-order valence-electron chi connectivity index (χ1n) is 6.37. The minimum Gasteiger partial charge on any atom is -0.481 e. The number of benzene rings is 1. The van der Waals surface area contributed by atoms with Gasteiger partial charge in [0, 0.05) is 0 Å². The van der Waals surface area contributed by atoms with Crippen molar-refractivity contribution >= 4 is 17.7 Å². The highest BCUT2D eigenvalue weighted by Crippen LogP contribution is 2.18. The first-order valence-corrected chi connectivity index (χ1v) is 7.36. The predicted molar refractivity (Wildman–Crippen MR) is 78.0 cm³/mol. The fourth-order valence-corrected chi connectivity index (χ4v) is 2.43. The number of nitrogens with zero attached hydrogens (tertiary/aromatic N) is 3. The second-order valence-electron chi connectivity index (χ2n) is 4.82. The molecule has 0 atom stereocenters. The van der Waals surface area contributed by atoms with Crippen LogP contribution in [0.3, 0.4) is 0 Å². The molecule has 0 aliphatic heterocycles. The molecular formula is C14H17N3O2S. The van der Waals surface area contributed by atoms with Crippen molar-refractivity contribution in [1.82, 2.24) is 14.8 Å². The van der Waals surface area contributed by atoms with E-state index < -0.39 is 5.97 Å². The quantitative estimate of drug-likeness (QED) is 0.829. The van der Waals surface area contributed by atoms with Gasteiger partial charge in [-0.3, -0.25) is 4.79 Å². The molecule has 0 aliphatic carbocycles. The molecule has 2 rings (SSSR count). The summed E-state index contributed by atoms with van der Waals surface area (Å²) in [6, 6.07) is 8.41. The molecule has 0 saturated heterocycles. The first-order chi connectivity index (χ1) is 9.56. The highest BCUT2D eigenvalue weighted by molar-refractivity contribution is 7.99. The number of hydrogen-bond acceptors (Lipinski definition) is 4. The third-order valence-corrected chi connectivity index (χ3v) is 3.87. The summed E-state index contributed by atoms with van der Waals surface area (Å²) < 4.78 is 1.86. The average molecular weight is 291 g/mol. The molecular weight excluding hydrogens is 274 g/mol. The SMILES string of the molecule is CC(C)c1ccc(Cn2cnnc2SCC(=O)O)cc1. The van der Waals surface area contributed by atoms with Crippen molar-refractivity contribution in [2.24, 2.45) is 0 Å². The van der Waals surface area contributed by atoms with Crippen molar-refractivity contribution in [3.05, 3.63) is 41.7 Å². The van der Waals surface area contributed by atoms with E-state index in [2.05, 4.69) is 48.3 Å². The lowest BCUT2D eigenvalue weighted by atomic mass is 10.0. The van der Waals surface area contributed by atoms with Crippen LogP contribution in [-0.4, -0.2) is 31.6 Å². The minimum atomic E-state index is -0.856. The van der Waals surface area contributed by atoms with Gasteiger partial charge in [-0.2, -0.15) is 0 Å². The van der Waals surface area contributed by atoms with Crippen LogP contribution in [0.25, 0.3) is 0 Å². The molecule has 1 N–H and O–H groups in total. The predicted octanol–water partition coefficient (Wildman–Crippen LogP) is 2.63. The third kappa shape index (κ3) is 3.84. The van der Waals surface area contributed by atoms with Gasteiger partial charge >= 0.3 is 5.97 Å². The normalized spacial score (nSPS) is 10.9. The summed E-state index contributed by atoms with van der Waals surface area (Å²) >= 11 is 1.18. The molecule has 0 bridgehead atoms. The zero-order valence-corrected chi connectivity index (χ0v) is 12.3. The van der Waals surface area contributed by atoms with Gasteiger partial charge in [0.1, 0.15) is 6.33 Å². The Hall–Kier alpha value is -1.82. The van der Waals surface area contributed by atoms with Crippen molar-refractivity contribution < 1.29 is 9.90 Å². The third-order valence-electron chi connectivity index (χ3n) is 2.90. The number of carbonyl (C=O) groups is 1. The lowest BCUT2D eigenvalue weighted by molar-refractivity contribution is -0.133. The lowest BCUT2D eigenvalue weighted by Gasteiger charge is -2.08. The van der Waals surface area contributed by atoms with Crippen molar-refractivity contribution in [3.63, 3.8) is 0 Å². The monoisotopic (exact) mass is 291 g/mol. The molecule has 0 amide bonds. The molecule has 0 saturated carbocycles. The summed E-state index contributed by atoms with van der Waals surface area (Å²) in [6.45, 7) is 4.97. The maximum Gasteiger partial charge on any atom is 0.313 e. The van der Waals surface area contributed by atoms with Gasteiger partial charge in [0.05, 0.1) is 12.3 Å². The van der Waals surface area contributed by atoms with Crippen molar-refractivity contribution in [2.45, 2.75) is 31.5 Å². The molecule has 0 radical (unpaired) electrons. The van der Waals surface area contributed by atoms with Gasteiger partial charge in [-0.15, -0.1) is 10.2 Å². The Kier molecular flexibility index (Phi) is 4.79. The van der Waals surface area contributed by atoms with Crippen LogP contribution in [0.1, 0.15) is 30.9 Å². The molecule has 5 nitrogen and oxygen atoms in total. The number of aliphatic carboxylic acids is 1. The van der Waals surface area contributed by atoms with Crippen LogP contribution in [0.2, 0.25) is 0 Å². The Bertz CT molecular complexity index is 578. The van der Waals surface area contributed by atoms with Crippen LogP contribution in [0, 0.1) is 0 Å². The van der Waals surface area contributed by atoms with E-state index in [1.165, 1.54) is 17.3 Å². The Balaban J connectivity index is 2.06. The topological polar surface area (TPSA) is 68.0 Å². The molecule has 20 heavy (non-hydrogen) atoms. The van der Waals surface area contributed by atoms with E-state index in [4.69, 9.17) is 5.11 Å². The zero-order chi connectivity index (χ0) is 14.5. The van der Waals surface area contributed by atoms with Gasteiger partial charge in [0.25, 0.3) is 0 Å². The molecule has 0 unspecified atom stereocenters. The summed E-state index contributed by atoms with van der Waals surface area (Å²) in [7, 11) is 0. The van der Waals surface area contributed by atoms with E-state index in [0.29, 0.717) is 17.6 Å². The zero-order valence-electron chi connectivity index (χ0n) is 11.5. The Morgan fingerprint density at radius 3 is 2.65 bits per heavy atom. The average Bonchev–Trinajstić information content (AvgIpc) is 2.84. The van der Waals surface area contributed by atoms with E-state index >= 15 is 0 Å². The van der Waals surface area contributed by atoms with Crippen molar-refractivity contribution in [1.29, 1.82) is 0 Å². The lowest BCUT2D eigenvalue weighted by Crippen LogP contribution is -2.04. The molecule has 6 heteroatoms. The largest absolute Gasteiger partial charge is 0.481 e. The van der Waals surface area contributed by atoms with Gasteiger partial charge in [0.15, 0.2) is 5.16 Å². The number of rotatable bonds is 6. The van der Waals surface area contributed by atoms with Crippen LogP contribution in [0.4, 0.5) is 0 Å². The van der Waals surface area contributed by atoms with Crippen LogP contribution in [0.5, 0.6) is 0 Å². The van der Waals surface area contributed by atoms with Crippen LogP contribution in [-0.2, 0) is 11.3 Å². The Labute approximate surface area is 122 Å². The minimum absolute atomic E-state index is 0.00895. The second-order valence-corrected chi connectivity index (χ2v) is 5.76. The van der Waals surface area contributed by atoms with Gasteiger partial charge < -0.3 is 9.67 Å². The molecule has 0 aliphatic rings. The molecule has 1 aromatic heterocycles. The summed E-state index contributed by atoms with van der Waals surface area (Å²) in [5, 5.41) is 17.1. The van der Waals surface area contributed by atoms with Gasteiger partial charge in [0.2, 0.25) is 0 Å². The van der Waals surface area contributed by atoms with E-state index in [9.17, 15) is 4.79 Å². The van der Waals surface area contributed by atoms with Crippen LogP contribution >= 0.6 is 11.8 Å². The van der Waals surface area contributed by atoms with E-state index in [1.807, 2.05) is 4.57 Å². The highest BCUT2D eigenvalue weighted by atomic mass is 32.2. The second kappa shape index (κ2) is 6.56. The summed E-state index contributed by atoms with van der Waals surface area (Å²) in [5.41, 5.74) is 2.45. The Morgan fingerprint density at radius 1 is 1.35 bits per heavy atom. The van der Waals surface area contributed by atoms with Crippen LogP contribution < -0.4 is 0 Å². The standard InChI is InChI=1S/C14H17N3O2S/c1-10(2)12-5-3-11(4-6-12)7-17-9-15-16-14(17)20-8-13(18)19/h3-6,9-10H,7-8H2,1-2H3,(H,18,19). The van der Waals surface area contributed by atoms with Gasteiger partial charge in [-0.25, -0.2) is 0 Å². The van der Waals surface area contributed by atoms with Crippen LogP contribution in [0.15, 0.2) is 35.7 Å². The molecule has 1 aromatic carbocycles. The number of hydrogen-bond donors (Lipinski definition) is 1. The molecule has 1 heterocycles. The summed E-state index contributed by atoms with van der Waals surface area (Å²) in [6.07, 6.45) is 1.63. The smallest absolute Gasteiger partial charge is 0.313 e.